The Kier molecular flexibility index (Phi) is 6.39. The summed E-state index contributed by atoms with van der Waals surface area (Å²) in [6.45, 7) is 5.98. The van der Waals surface area contributed by atoms with Gasteiger partial charge in [-0.25, -0.2) is 0 Å². The highest BCUT2D eigenvalue weighted by Crippen LogP contribution is 2.30. The van der Waals surface area contributed by atoms with E-state index >= 15 is 0 Å². The maximum atomic E-state index is 12.7. The molecule has 0 N–H and O–H groups in total. The largest absolute Gasteiger partial charge is 0.573 e. The van der Waals surface area contributed by atoms with Crippen LogP contribution in [0.1, 0.15) is 6.92 Å². The Bertz CT molecular complexity index is 1130. The Morgan fingerprint density at radius 2 is 1.71 bits per heavy atom. The van der Waals surface area contributed by atoms with Gasteiger partial charge in [-0.3, -0.25) is 9.36 Å². The molecule has 0 unspecified atom stereocenters. The van der Waals surface area contributed by atoms with Crippen molar-refractivity contribution in [2.45, 2.75) is 13.3 Å². The number of rotatable bonds is 7. The third-order valence-electron chi connectivity index (χ3n) is 4.24. The molecule has 0 spiro atoms. The molecule has 3 aromatic rings. The van der Waals surface area contributed by atoms with Crippen molar-refractivity contribution in [3.05, 3.63) is 83.3 Å². The van der Waals surface area contributed by atoms with Crippen molar-refractivity contribution in [1.29, 1.82) is 0 Å². The van der Waals surface area contributed by atoms with E-state index in [9.17, 15) is 18.0 Å². The summed E-state index contributed by atoms with van der Waals surface area (Å²) in [5.74, 6) is 0.667. The molecule has 31 heavy (non-hydrogen) atoms. The summed E-state index contributed by atoms with van der Waals surface area (Å²) < 4.78 is 53.2. The highest BCUT2D eigenvalue weighted by Gasteiger charge is 2.30. The zero-order valence-electron chi connectivity index (χ0n) is 16.9. The molecule has 3 rings (SSSR count). The van der Waals surface area contributed by atoms with Gasteiger partial charge in [0.2, 0.25) is 0 Å². The van der Waals surface area contributed by atoms with Gasteiger partial charge in [0.25, 0.3) is 5.56 Å². The quantitative estimate of drug-likeness (QED) is 0.472. The summed E-state index contributed by atoms with van der Waals surface area (Å²) in [7, 11) is 1.50. The first-order chi connectivity index (χ1) is 14.7. The molecule has 1 aromatic heterocycles. The first-order valence-corrected chi connectivity index (χ1v) is 9.21. The molecule has 0 aliphatic carbocycles. The van der Waals surface area contributed by atoms with Gasteiger partial charge in [0.15, 0.2) is 11.5 Å². The molecular weight excluding hydrogens is 411 g/mol. The number of aromatic nitrogens is 1. The highest BCUT2D eigenvalue weighted by atomic mass is 19.4. The van der Waals surface area contributed by atoms with Crippen LogP contribution >= 0.6 is 0 Å². The van der Waals surface area contributed by atoms with Crippen LogP contribution in [-0.2, 0) is 0 Å². The molecular formula is C23H20F3NO4. The number of alkyl halides is 3. The lowest BCUT2D eigenvalue weighted by Gasteiger charge is -2.13. The zero-order valence-corrected chi connectivity index (χ0v) is 16.9. The molecule has 0 amide bonds. The molecule has 0 aliphatic rings. The van der Waals surface area contributed by atoms with Crippen molar-refractivity contribution >= 4 is 0 Å². The van der Waals surface area contributed by atoms with Crippen molar-refractivity contribution in [2.24, 2.45) is 0 Å². The molecule has 2 aromatic carbocycles. The number of methoxy groups -OCH3 is 1. The minimum atomic E-state index is -4.76. The molecule has 0 saturated carbocycles. The van der Waals surface area contributed by atoms with Gasteiger partial charge in [-0.05, 0) is 54.0 Å². The van der Waals surface area contributed by atoms with Gasteiger partial charge in [0, 0.05) is 18.3 Å². The predicted molar refractivity (Wildman–Crippen MR) is 111 cm³/mol. The summed E-state index contributed by atoms with van der Waals surface area (Å²) in [4.78, 5) is 12.7. The summed E-state index contributed by atoms with van der Waals surface area (Å²) in [6, 6.07) is 13.5. The van der Waals surface area contributed by atoms with Crippen molar-refractivity contribution in [2.75, 3.05) is 13.7 Å². The lowest BCUT2D eigenvalue weighted by atomic mass is 10.1. The lowest BCUT2D eigenvalue weighted by Crippen LogP contribution is -2.17. The van der Waals surface area contributed by atoms with Crippen LogP contribution in [-0.4, -0.2) is 24.6 Å². The molecule has 162 valence electrons. The Hall–Kier alpha value is -3.68. The number of hydrogen-bond donors (Lipinski definition) is 0. The van der Waals surface area contributed by atoms with Crippen LogP contribution in [0.2, 0.25) is 0 Å². The molecule has 0 saturated heterocycles. The first-order valence-electron chi connectivity index (χ1n) is 9.21. The topological polar surface area (TPSA) is 49.7 Å². The van der Waals surface area contributed by atoms with Gasteiger partial charge in [0.05, 0.1) is 12.8 Å². The smallest absolute Gasteiger partial charge is 0.493 e. The van der Waals surface area contributed by atoms with Gasteiger partial charge in [-0.1, -0.05) is 18.7 Å². The highest BCUT2D eigenvalue weighted by molar-refractivity contribution is 5.64. The fraction of sp³-hybridized carbons (Fsp3) is 0.174. The van der Waals surface area contributed by atoms with Gasteiger partial charge >= 0.3 is 6.36 Å². The van der Waals surface area contributed by atoms with Crippen LogP contribution in [0.3, 0.4) is 0 Å². The van der Waals surface area contributed by atoms with E-state index in [1.54, 1.807) is 30.5 Å². The molecule has 0 atom stereocenters. The van der Waals surface area contributed by atoms with E-state index in [0.717, 1.165) is 5.57 Å². The van der Waals surface area contributed by atoms with E-state index in [1.807, 2.05) is 6.92 Å². The number of hydrogen-bond acceptors (Lipinski definition) is 4. The number of halogens is 3. The van der Waals surface area contributed by atoms with Gasteiger partial charge < -0.3 is 14.2 Å². The monoisotopic (exact) mass is 431 g/mol. The molecule has 8 heteroatoms. The van der Waals surface area contributed by atoms with Crippen LogP contribution in [0.25, 0.3) is 16.8 Å². The number of pyridine rings is 1. The summed E-state index contributed by atoms with van der Waals surface area (Å²) in [6.07, 6.45) is -3.17. The Morgan fingerprint density at radius 3 is 2.29 bits per heavy atom. The fourth-order valence-corrected chi connectivity index (χ4v) is 2.85. The van der Waals surface area contributed by atoms with Crippen LogP contribution in [0.15, 0.2) is 77.7 Å². The SMILES string of the molecule is C=C(C)COc1ccc(-n2ccc(-c3ccc(OC(F)(F)F)cc3)cc2=O)cc1OC. The minimum Gasteiger partial charge on any atom is -0.493 e. The number of nitrogens with zero attached hydrogens (tertiary/aromatic N) is 1. The molecule has 0 radical (unpaired) electrons. The van der Waals surface area contributed by atoms with Crippen molar-refractivity contribution in [3.63, 3.8) is 0 Å². The fourth-order valence-electron chi connectivity index (χ4n) is 2.85. The van der Waals surface area contributed by atoms with E-state index in [2.05, 4.69) is 11.3 Å². The van der Waals surface area contributed by atoms with Gasteiger partial charge in [-0.15, -0.1) is 13.2 Å². The summed E-state index contributed by atoms with van der Waals surface area (Å²) >= 11 is 0. The van der Waals surface area contributed by atoms with Gasteiger partial charge in [0.1, 0.15) is 12.4 Å². The molecule has 0 fully saturated rings. The van der Waals surface area contributed by atoms with E-state index < -0.39 is 6.36 Å². The van der Waals surface area contributed by atoms with Crippen LogP contribution in [0.5, 0.6) is 17.2 Å². The summed E-state index contributed by atoms with van der Waals surface area (Å²) in [5.41, 5.74) is 2.26. The average Bonchev–Trinajstić information content (AvgIpc) is 2.71. The Morgan fingerprint density at radius 1 is 1.00 bits per heavy atom. The second-order valence-corrected chi connectivity index (χ2v) is 6.78. The van der Waals surface area contributed by atoms with Crippen molar-refractivity contribution in [3.8, 4) is 34.1 Å². The van der Waals surface area contributed by atoms with Crippen LogP contribution in [0, 0.1) is 0 Å². The Balaban J connectivity index is 1.85. The van der Waals surface area contributed by atoms with Crippen LogP contribution < -0.4 is 19.8 Å². The number of ether oxygens (including phenoxy) is 3. The predicted octanol–water partition coefficient (Wildman–Crippen LogP) is 5.37. The molecule has 0 aliphatic heterocycles. The normalized spacial score (nSPS) is 11.1. The standard InChI is InChI=1S/C23H20F3NO4/c1-15(2)14-30-20-9-6-18(13-21(20)29-3)27-11-10-17(12-22(27)28)16-4-7-19(8-5-16)31-23(24,25)26/h4-13H,1,14H2,2-3H3. The third-order valence-corrected chi connectivity index (χ3v) is 4.24. The van der Waals surface area contributed by atoms with E-state index in [4.69, 9.17) is 9.47 Å². The van der Waals surface area contributed by atoms with E-state index in [-0.39, 0.29) is 11.3 Å². The maximum Gasteiger partial charge on any atom is 0.573 e. The molecule has 0 bridgehead atoms. The third kappa shape index (κ3) is 5.69. The van der Waals surface area contributed by atoms with E-state index in [0.29, 0.717) is 34.9 Å². The van der Waals surface area contributed by atoms with E-state index in [1.165, 1.54) is 42.0 Å². The average molecular weight is 431 g/mol. The maximum absolute atomic E-state index is 12.7. The van der Waals surface area contributed by atoms with Crippen molar-refractivity contribution < 1.29 is 27.4 Å². The zero-order chi connectivity index (χ0) is 22.6. The lowest BCUT2D eigenvalue weighted by molar-refractivity contribution is -0.274. The minimum absolute atomic E-state index is 0.314. The van der Waals surface area contributed by atoms with Crippen LogP contribution in [0.4, 0.5) is 13.2 Å². The summed E-state index contributed by atoms with van der Waals surface area (Å²) in [5, 5.41) is 0. The second kappa shape index (κ2) is 8.99. The first kappa shape index (κ1) is 22.0. The molecule has 1 heterocycles. The molecule has 5 nitrogen and oxygen atoms in total. The Labute approximate surface area is 176 Å². The second-order valence-electron chi connectivity index (χ2n) is 6.78. The van der Waals surface area contributed by atoms with Gasteiger partial charge in [-0.2, -0.15) is 0 Å². The number of benzene rings is 2. The van der Waals surface area contributed by atoms with Crippen molar-refractivity contribution in [1.82, 2.24) is 4.57 Å².